The summed E-state index contributed by atoms with van der Waals surface area (Å²) in [6, 6.07) is 7.77. The van der Waals surface area contributed by atoms with Crippen LogP contribution in [0.15, 0.2) is 24.3 Å². The van der Waals surface area contributed by atoms with Gasteiger partial charge in [-0.15, -0.1) is 6.42 Å². The second-order valence-electron chi connectivity index (χ2n) is 3.25. The second-order valence-corrected chi connectivity index (χ2v) is 3.25. The van der Waals surface area contributed by atoms with Crippen LogP contribution < -0.4 is 0 Å². The Morgan fingerprint density at radius 3 is 2.47 bits per heavy atom. The molecule has 1 aromatic carbocycles. The molecule has 0 unspecified atom stereocenters. The van der Waals surface area contributed by atoms with Gasteiger partial charge in [-0.25, -0.2) is 0 Å². The molecule has 1 rings (SSSR count). The van der Waals surface area contributed by atoms with Crippen molar-refractivity contribution in [2.75, 3.05) is 0 Å². The van der Waals surface area contributed by atoms with Crippen molar-refractivity contribution >= 4 is 5.97 Å². The zero-order chi connectivity index (χ0) is 11.3. The van der Waals surface area contributed by atoms with E-state index in [0.717, 1.165) is 12.0 Å². The highest BCUT2D eigenvalue weighted by Gasteiger charge is 2.10. The van der Waals surface area contributed by atoms with Crippen LogP contribution in [0, 0.1) is 12.3 Å². The first-order valence-corrected chi connectivity index (χ1v) is 4.89. The summed E-state index contributed by atoms with van der Waals surface area (Å²) >= 11 is 0. The molecule has 0 aromatic heterocycles. The highest BCUT2D eigenvalue weighted by atomic mass is 16.5. The fourth-order valence-corrected chi connectivity index (χ4v) is 1.29. The molecule has 0 saturated carbocycles. The number of benzene rings is 1. The maximum absolute atomic E-state index is 10.8. The van der Waals surface area contributed by atoms with E-state index >= 15 is 0 Å². The van der Waals surface area contributed by atoms with Gasteiger partial charge in [0, 0.05) is 12.5 Å². The molecule has 0 spiro atoms. The first kappa shape index (κ1) is 11.3. The molecule has 0 bridgehead atoms. The number of hydrogen-bond acceptors (Lipinski definition) is 2. The summed E-state index contributed by atoms with van der Waals surface area (Å²) in [6.45, 7) is 3.44. The van der Waals surface area contributed by atoms with Gasteiger partial charge in [0.05, 0.1) is 0 Å². The third kappa shape index (κ3) is 3.14. The van der Waals surface area contributed by atoms with Gasteiger partial charge in [0.1, 0.15) is 0 Å². The van der Waals surface area contributed by atoms with E-state index in [1.54, 1.807) is 0 Å². The minimum atomic E-state index is -0.576. The lowest BCUT2D eigenvalue weighted by molar-refractivity contribution is -0.144. The Morgan fingerprint density at radius 1 is 1.47 bits per heavy atom. The summed E-state index contributed by atoms with van der Waals surface area (Å²) < 4.78 is 4.98. The van der Waals surface area contributed by atoms with E-state index in [-0.39, 0.29) is 5.97 Å². The molecule has 1 atom stereocenters. The van der Waals surface area contributed by atoms with Crippen LogP contribution in [0.4, 0.5) is 0 Å². The van der Waals surface area contributed by atoms with Crippen LogP contribution in [-0.2, 0) is 16.0 Å². The van der Waals surface area contributed by atoms with Gasteiger partial charge >= 0.3 is 5.97 Å². The van der Waals surface area contributed by atoms with Crippen LogP contribution in [0.2, 0.25) is 0 Å². The van der Waals surface area contributed by atoms with E-state index in [1.165, 1.54) is 12.5 Å². The Balaban J connectivity index is 2.84. The number of rotatable bonds is 3. The van der Waals surface area contributed by atoms with Crippen molar-refractivity contribution in [2.24, 2.45) is 0 Å². The van der Waals surface area contributed by atoms with Gasteiger partial charge in [-0.3, -0.25) is 4.79 Å². The first-order chi connectivity index (χ1) is 7.17. The van der Waals surface area contributed by atoms with Crippen molar-refractivity contribution in [3.63, 3.8) is 0 Å². The lowest BCUT2D eigenvalue weighted by atomic mass is 10.1. The van der Waals surface area contributed by atoms with Crippen molar-refractivity contribution in [1.29, 1.82) is 0 Å². The van der Waals surface area contributed by atoms with Crippen LogP contribution >= 0.6 is 0 Å². The van der Waals surface area contributed by atoms with Crippen LogP contribution in [-0.4, -0.2) is 5.97 Å². The van der Waals surface area contributed by atoms with Gasteiger partial charge < -0.3 is 4.74 Å². The van der Waals surface area contributed by atoms with E-state index < -0.39 is 6.10 Å². The SMILES string of the molecule is C#C[C@@H](OC(C)=O)c1ccc(CC)cc1. The standard InChI is InChI=1S/C13H14O2/c1-4-11-6-8-12(9-7-11)13(5-2)15-10(3)14/h2,6-9,13H,4H2,1,3H3/t13-/m1/s1. The normalized spacial score (nSPS) is 11.5. The largest absolute Gasteiger partial charge is 0.444 e. The molecule has 78 valence electrons. The van der Waals surface area contributed by atoms with Crippen LogP contribution in [0.1, 0.15) is 31.1 Å². The number of aryl methyl sites for hydroxylation is 1. The molecule has 2 nitrogen and oxygen atoms in total. The van der Waals surface area contributed by atoms with Gasteiger partial charge in [-0.1, -0.05) is 37.1 Å². The summed E-state index contributed by atoms with van der Waals surface area (Å²) in [5, 5.41) is 0. The van der Waals surface area contributed by atoms with E-state index in [1.807, 2.05) is 24.3 Å². The number of terminal acetylenes is 1. The molecule has 0 fully saturated rings. The molecule has 0 heterocycles. The van der Waals surface area contributed by atoms with Crippen molar-refractivity contribution < 1.29 is 9.53 Å². The van der Waals surface area contributed by atoms with Gasteiger partial charge in [0.15, 0.2) is 6.10 Å². The van der Waals surface area contributed by atoms with Crippen LogP contribution in [0.5, 0.6) is 0 Å². The summed E-state index contributed by atoms with van der Waals surface area (Å²) in [4.78, 5) is 10.8. The summed E-state index contributed by atoms with van der Waals surface area (Å²) in [6.07, 6.45) is 5.70. The van der Waals surface area contributed by atoms with E-state index in [4.69, 9.17) is 11.2 Å². The maximum Gasteiger partial charge on any atom is 0.304 e. The molecule has 0 saturated heterocycles. The molecular formula is C13H14O2. The summed E-state index contributed by atoms with van der Waals surface area (Å²) in [7, 11) is 0. The van der Waals surface area contributed by atoms with Crippen molar-refractivity contribution in [1.82, 2.24) is 0 Å². The molecule has 0 aliphatic rings. The number of carbonyl (C=O) groups is 1. The second kappa shape index (κ2) is 5.21. The monoisotopic (exact) mass is 202 g/mol. The van der Waals surface area contributed by atoms with E-state index in [9.17, 15) is 4.79 Å². The molecule has 0 N–H and O–H groups in total. The molecule has 0 aliphatic heterocycles. The lowest BCUT2D eigenvalue weighted by Crippen LogP contribution is -2.06. The molecule has 1 aromatic rings. The van der Waals surface area contributed by atoms with Gasteiger partial charge in [-0.05, 0) is 12.0 Å². The maximum atomic E-state index is 10.8. The fraction of sp³-hybridized carbons (Fsp3) is 0.308. The first-order valence-electron chi connectivity index (χ1n) is 4.89. The van der Waals surface area contributed by atoms with E-state index in [0.29, 0.717) is 0 Å². The van der Waals surface area contributed by atoms with Gasteiger partial charge in [0.2, 0.25) is 0 Å². The molecular weight excluding hydrogens is 188 g/mol. The highest BCUT2D eigenvalue weighted by Crippen LogP contribution is 2.17. The smallest absolute Gasteiger partial charge is 0.304 e. The summed E-state index contributed by atoms with van der Waals surface area (Å²) in [5.41, 5.74) is 2.07. The van der Waals surface area contributed by atoms with Gasteiger partial charge in [-0.2, -0.15) is 0 Å². The van der Waals surface area contributed by atoms with E-state index in [2.05, 4.69) is 12.8 Å². The van der Waals surface area contributed by atoms with Gasteiger partial charge in [0.25, 0.3) is 0 Å². The molecule has 0 radical (unpaired) electrons. The summed E-state index contributed by atoms with van der Waals surface area (Å²) in [5.74, 6) is 2.08. The zero-order valence-corrected chi connectivity index (χ0v) is 8.99. The Bertz CT molecular complexity index is 371. The van der Waals surface area contributed by atoms with Crippen LogP contribution in [0.25, 0.3) is 0 Å². The molecule has 15 heavy (non-hydrogen) atoms. The Labute approximate surface area is 90.3 Å². The Kier molecular flexibility index (Phi) is 3.93. The van der Waals surface area contributed by atoms with Crippen molar-refractivity contribution in [3.8, 4) is 12.3 Å². The van der Waals surface area contributed by atoms with Crippen molar-refractivity contribution in [2.45, 2.75) is 26.4 Å². The predicted octanol–water partition coefficient (Wildman–Crippen LogP) is 2.49. The topological polar surface area (TPSA) is 26.3 Å². The lowest BCUT2D eigenvalue weighted by Gasteiger charge is -2.11. The number of esters is 1. The average molecular weight is 202 g/mol. The molecule has 0 aliphatic carbocycles. The fourth-order valence-electron chi connectivity index (χ4n) is 1.29. The minimum absolute atomic E-state index is 0.363. The van der Waals surface area contributed by atoms with Crippen LogP contribution in [0.3, 0.4) is 0 Å². The number of hydrogen-bond donors (Lipinski definition) is 0. The quantitative estimate of drug-likeness (QED) is 0.556. The minimum Gasteiger partial charge on any atom is -0.444 e. The third-order valence-electron chi connectivity index (χ3n) is 2.13. The third-order valence-corrected chi connectivity index (χ3v) is 2.13. The number of ether oxygens (including phenoxy) is 1. The average Bonchev–Trinajstić information content (AvgIpc) is 2.26. The molecule has 2 heteroatoms. The Morgan fingerprint density at radius 2 is 2.07 bits per heavy atom. The highest BCUT2D eigenvalue weighted by molar-refractivity contribution is 5.66. The predicted molar refractivity (Wildman–Crippen MR) is 59.2 cm³/mol. The van der Waals surface area contributed by atoms with Crippen molar-refractivity contribution in [3.05, 3.63) is 35.4 Å². The number of carbonyl (C=O) groups excluding carboxylic acids is 1. The zero-order valence-electron chi connectivity index (χ0n) is 8.99. The molecule has 0 amide bonds. The Hall–Kier alpha value is -1.75.